The van der Waals surface area contributed by atoms with Crippen LogP contribution < -0.4 is 5.32 Å². The van der Waals surface area contributed by atoms with E-state index in [2.05, 4.69) is 22.2 Å². The van der Waals surface area contributed by atoms with Crippen LogP contribution in [0.2, 0.25) is 5.28 Å². The molecule has 1 N–H and O–H groups in total. The van der Waals surface area contributed by atoms with Gasteiger partial charge in [0.2, 0.25) is 5.28 Å². The van der Waals surface area contributed by atoms with Gasteiger partial charge in [-0.05, 0) is 24.1 Å². The quantitative estimate of drug-likeness (QED) is 0.586. The van der Waals surface area contributed by atoms with E-state index in [1.165, 1.54) is 12.8 Å². The van der Waals surface area contributed by atoms with Gasteiger partial charge in [-0.3, -0.25) is 0 Å². The largest absolute Gasteiger partial charge is 0.370 e. The molecule has 0 atom stereocenters. The topological polar surface area (TPSA) is 37.8 Å². The number of nitrogens with one attached hydrogen (secondary N) is 1. The molecule has 0 saturated heterocycles. The van der Waals surface area contributed by atoms with Crippen molar-refractivity contribution >= 4 is 17.4 Å². The molecule has 1 aromatic rings. The fraction of sp³-hybridized carbons (Fsp3) is 0.556. The second-order valence-corrected chi connectivity index (χ2v) is 3.18. The number of unbranched alkanes of at least 4 members (excludes halogenated alkanes) is 2. The van der Waals surface area contributed by atoms with Crippen molar-refractivity contribution in [1.82, 2.24) is 9.97 Å². The van der Waals surface area contributed by atoms with Crippen LogP contribution in [0.3, 0.4) is 0 Å². The number of anilines is 1. The summed E-state index contributed by atoms with van der Waals surface area (Å²) in [7, 11) is 0. The first-order valence-electron chi connectivity index (χ1n) is 4.55. The molecule has 1 heterocycles. The van der Waals surface area contributed by atoms with E-state index < -0.39 is 0 Å². The Hall–Kier alpha value is -0.830. The number of halogens is 1. The van der Waals surface area contributed by atoms with Gasteiger partial charge in [-0.15, -0.1) is 0 Å². The highest BCUT2D eigenvalue weighted by Crippen LogP contribution is 2.05. The molecule has 0 aliphatic heterocycles. The molecule has 0 bridgehead atoms. The molecule has 0 aromatic carbocycles. The molecule has 0 amide bonds. The van der Waals surface area contributed by atoms with Gasteiger partial charge in [0, 0.05) is 12.7 Å². The molecule has 13 heavy (non-hydrogen) atoms. The van der Waals surface area contributed by atoms with Crippen LogP contribution in [0.5, 0.6) is 0 Å². The van der Waals surface area contributed by atoms with Crippen LogP contribution in [0, 0.1) is 0 Å². The molecule has 72 valence electrons. The lowest BCUT2D eigenvalue weighted by molar-refractivity contribution is 0.742. The number of rotatable bonds is 5. The van der Waals surface area contributed by atoms with Crippen LogP contribution in [0.1, 0.15) is 26.2 Å². The summed E-state index contributed by atoms with van der Waals surface area (Å²) >= 11 is 5.62. The van der Waals surface area contributed by atoms with Crippen molar-refractivity contribution in [3.8, 4) is 0 Å². The van der Waals surface area contributed by atoms with Crippen molar-refractivity contribution < 1.29 is 0 Å². The van der Waals surface area contributed by atoms with Crippen molar-refractivity contribution in [2.45, 2.75) is 26.2 Å². The van der Waals surface area contributed by atoms with Gasteiger partial charge in [0.1, 0.15) is 5.82 Å². The summed E-state index contributed by atoms with van der Waals surface area (Å²) in [5.41, 5.74) is 0. The van der Waals surface area contributed by atoms with E-state index in [1.54, 1.807) is 6.20 Å². The van der Waals surface area contributed by atoms with Gasteiger partial charge < -0.3 is 5.32 Å². The predicted molar refractivity (Wildman–Crippen MR) is 55.1 cm³/mol. The summed E-state index contributed by atoms with van der Waals surface area (Å²) < 4.78 is 0. The molecular weight excluding hydrogens is 186 g/mol. The van der Waals surface area contributed by atoms with Crippen LogP contribution in [0.15, 0.2) is 12.3 Å². The summed E-state index contributed by atoms with van der Waals surface area (Å²) in [4.78, 5) is 7.81. The smallest absolute Gasteiger partial charge is 0.224 e. The lowest BCUT2D eigenvalue weighted by atomic mass is 10.2. The van der Waals surface area contributed by atoms with Crippen LogP contribution in [-0.2, 0) is 0 Å². The first kappa shape index (κ1) is 10.3. The lowest BCUT2D eigenvalue weighted by Gasteiger charge is -2.03. The second kappa shape index (κ2) is 5.75. The Labute approximate surface area is 83.5 Å². The molecule has 1 rings (SSSR count). The minimum Gasteiger partial charge on any atom is -0.370 e. The highest BCUT2D eigenvalue weighted by molar-refractivity contribution is 6.28. The Morgan fingerprint density at radius 2 is 2.31 bits per heavy atom. The molecule has 1 aromatic heterocycles. The molecular formula is C9H14ClN3. The Morgan fingerprint density at radius 1 is 1.46 bits per heavy atom. The molecule has 4 heteroatoms. The molecule has 0 aliphatic rings. The highest BCUT2D eigenvalue weighted by Gasteiger charge is 1.94. The molecule has 0 unspecified atom stereocenters. The van der Waals surface area contributed by atoms with Crippen LogP contribution in [-0.4, -0.2) is 16.5 Å². The SMILES string of the molecule is CCCCCNc1ccnc(Cl)n1. The molecule has 3 nitrogen and oxygen atoms in total. The average Bonchev–Trinajstić information content (AvgIpc) is 2.13. The van der Waals surface area contributed by atoms with E-state index in [1.807, 2.05) is 6.07 Å². The number of hydrogen-bond donors (Lipinski definition) is 1. The number of hydrogen-bond acceptors (Lipinski definition) is 3. The van der Waals surface area contributed by atoms with E-state index >= 15 is 0 Å². The molecule has 0 saturated carbocycles. The van der Waals surface area contributed by atoms with Gasteiger partial charge in [0.05, 0.1) is 0 Å². The van der Waals surface area contributed by atoms with Gasteiger partial charge in [0.15, 0.2) is 0 Å². The monoisotopic (exact) mass is 199 g/mol. The van der Waals surface area contributed by atoms with Crippen molar-refractivity contribution in [3.63, 3.8) is 0 Å². The zero-order chi connectivity index (χ0) is 9.52. The van der Waals surface area contributed by atoms with E-state index in [-0.39, 0.29) is 0 Å². The van der Waals surface area contributed by atoms with Gasteiger partial charge in [-0.25, -0.2) is 9.97 Å². The van der Waals surface area contributed by atoms with Gasteiger partial charge in [0.25, 0.3) is 0 Å². The second-order valence-electron chi connectivity index (χ2n) is 2.84. The van der Waals surface area contributed by atoms with E-state index in [4.69, 9.17) is 11.6 Å². The van der Waals surface area contributed by atoms with Crippen molar-refractivity contribution in [2.24, 2.45) is 0 Å². The normalized spacial score (nSPS) is 10.0. The third kappa shape index (κ3) is 4.08. The Kier molecular flexibility index (Phi) is 4.54. The summed E-state index contributed by atoms with van der Waals surface area (Å²) in [6.07, 6.45) is 5.29. The summed E-state index contributed by atoms with van der Waals surface area (Å²) in [5, 5.41) is 3.48. The summed E-state index contributed by atoms with van der Waals surface area (Å²) in [5.74, 6) is 0.802. The maximum absolute atomic E-state index is 5.62. The van der Waals surface area contributed by atoms with Crippen LogP contribution in [0.4, 0.5) is 5.82 Å². The fourth-order valence-corrected chi connectivity index (χ4v) is 1.17. The Morgan fingerprint density at radius 3 is 3.00 bits per heavy atom. The maximum Gasteiger partial charge on any atom is 0.224 e. The standard InChI is InChI=1S/C9H14ClN3/c1-2-3-4-6-11-8-5-7-12-9(10)13-8/h5,7H,2-4,6H2,1H3,(H,11,12,13). The zero-order valence-corrected chi connectivity index (χ0v) is 8.51. The fourth-order valence-electron chi connectivity index (χ4n) is 1.02. The van der Waals surface area contributed by atoms with Gasteiger partial charge in [-0.1, -0.05) is 19.8 Å². The van der Waals surface area contributed by atoms with E-state index in [9.17, 15) is 0 Å². The first-order chi connectivity index (χ1) is 6.33. The Bertz CT molecular complexity index is 252. The van der Waals surface area contributed by atoms with E-state index in [0.29, 0.717) is 5.28 Å². The Balaban J connectivity index is 2.28. The molecule has 0 aliphatic carbocycles. The number of aromatic nitrogens is 2. The van der Waals surface area contributed by atoms with Crippen molar-refractivity contribution in [2.75, 3.05) is 11.9 Å². The number of nitrogens with zero attached hydrogens (tertiary/aromatic N) is 2. The van der Waals surface area contributed by atoms with E-state index in [0.717, 1.165) is 18.8 Å². The third-order valence-corrected chi connectivity index (χ3v) is 1.89. The molecule has 0 radical (unpaired) electrons. The lowest BCUT2D eigenvalue weighted by Crippen LogP contribution is -2.03. The minimum absolute atomic E-state index is 0.292. The van der Waals surface area contributed by atoms with Crippen LogP contribution >= 0.6 is 11.6 Å². The molecule has 0 spiro atoms. The predicted octanol–water partition coefficient (Wildman–Crippen LogP) is 2.73. The first-order valence-corrected chi connectivity index (χ1v) is 4.93. The zero-order valence-electron chi connectivity index (χ0n) is 7.76. The minimum atomic E-state index is 0.292. The van der Waals surface area contributed by atoms with Gasteiger partial charge >= 0.3 is 0 Å². The average molecular weight is 200 g/mol. The van der Waals surface area contributed by atoms with Crippen LogP contribution in [0.25, 0.3) is 0 Å². The third-order valence-electron chi connectivity index (χ3n) is 1.71. The summed E-state index contributed by atoms with van der Waals surface area (Å²) in [6, 6.07) is 1.82. The maximum atomic E-state index is 5.62. The summed E-state index contributed by atoms with van der Waals surface area (Å²) in [6.45, 7) is 3.13. The van der Waals surface area contributed by atoms with Crippen molar-refractivity contribution in [1.29, 1.82) is 0 Å². The van der Waals surface area contributed by atoms with Gasteiger partial charge in [-0.2, -0.15) is 0 Å². The molecule has 0 fully saturated rings. The highest BCUT2D eigenvalue weighted by atomic mass is 35.5. The van der Waals surface area contributed by atoms with Crippen molar-refractivity contribution in [3.05, 3.63) is 17.5 Å².